The van der Waals surface area contributed by atoms with Gasteiger partial charge in [0.1, 0.15) is 5.01 Å². The van der Waals surface area contributed by atoms with Crippen molar-refractivity contribution in [2.75, 3.05) is 13.1 Å². The van der Waals surface area contributed by atoms with Crippen molar-refractivity contribution in [3.05, 3.63) is 57.1 Å². The van der Waals surface area contributed by atoms with Crippen LogP contribution in [0.4, 0.5) is 0 Å². The van der Waals surface area contributed by atoms with E-state index in [1.165, 1.54) is 34.8 Å². The van der Waals surface area contributed by atoms with Gasteiger partial charge in [-0.05, 0) is 57.0 Å². The number of aromatic nitrogens is 3. The van der Waals surface area contributed by atoms with Crippen LogP contribution in [0.1, 0.15) is 52.5 Å². The van der Waals surface area contributed by atoms with Crippen LogP contribution in [-0.4, -0.2) is 61.6 Å². The fourth-order valence-corrected chi connectivity index (χ4v) is 6.49. The summed E-state index contributed by atoms with van der Waals surface area (Å²) < 4.78 is 2.55. The number of hydrogen-bond acceptors (Lipinski definition) is 7. The van der Waals surface area contributed by atoms with Crippen LogP contribution in [0, 0.1) is 0 Å². The van der Waals surface area contributed by atoms with Crippen molar-refractivity contribution in [2.24, 2.45) is 0 Å². The van der Waals surface area contributed by atoms with Gasteiger partial charge in [0.15, 0.2) is 5.82 Å². The quantitative estimate of drug-likeness (QED) is 0.331. The molecule has 1 saturated heterocycles. The molecule has 0 unspecified atom stereocenters. The molecule has 2 N–H and O–H groups in total. The molecule has 0 aliphatic carbocycles. The number of rotatable bonds is 7. The molecule has 0 atom stereocenters. The number of nitrogens with one attached hydrogen (secondary N) is 1. The third-order valence-electron chi connectivity index (χ3n) is 6.44. The number of carboxylic acid groups (broad SMARTS) is 1. The van der Waals surface area contributed by atoms with E-state index in [0.717, 1.165) is 40.7 Å². The summed E-state index contributed by atoms with van der Waals surface area (Å²) in [4.78, 5) is 38.4. The molecule has 1 fully saturated rings. The highest BCUT2D eigenvalue weighted by molar-refractivity contribution is 7.23. The lowest BCUT2D eigenvalue weighted by Crippen LogP contribution is -2.47. The number of thiophene rings is 1. The minimum Gasteiger partial charge on any atom is -0.478 e. The average molecular weight is 544 g/mol. The van der Waals surface area contributed by atoms with Gasteiger partial charge in [0.2, 0.25) is 0 Å². The number of imidazole rings is 1. The molecule has 0 radical (unpaired) electrons. The van der Waals surface area contributed by atoms with Crippen molar-refractivity contribution in [1.82, 2.24) is 24.8 Å². The van der Waals surface area contributed by atoms with Crippen molar-refractivity contribution in [3.8, 4) is 9.88 Å². The fraction of sp³-hybridized carbons (Fsp3) is 0.360. The smallest absolute Gasteiger partial charge is 0.335 e. The molecule has 0 saturated carbocycles. The van der Waals surface area contributed by atoms with Gasteiger partial charge in [0, 0.05) is 36.2 Å². The first-order valence-corrected chi connectivity index (χ1v) is 13.8. The molecule has 36 heavy (non-hydrogen) atoms. The van der Waals surface area contributed by atoms with E-state index in [4.69, 9.17) is 11.6 Å². The number of carbonyl (C=O) groups is 2. The Morgan fingerprint density at radius 2 is 1.97 bits per heavy atom. The summed E-state index contributed by atoms with van der Waals surface area (Å²) in [6, 6.07) is 9.12. The molecule has 0 bridgehead atoms. The van der Waals surface area contributed by atoms with Gasteiger partial charge in [-0.1, -0.05) is 11.6 Å². The first-order valence-electron chi connectivity index (χ1n) is 11.8. The normalized spacial score (nSPS) is 15.1. The number of halogens is 1. The zero-order chi connectivity index (χ0) is 25.4. The third-order valence-corrected chi connectivity index (χ3v) is 8.83. The lowest BCUT2D eigenvalue weighted by atomic mass is 10.0. The molecule has 188 valence electrons. The minimum atomic E-state index is -1.03. The molecule has 8 nitrogen and oxygen atoms in total. The Kier molecular flexibility index (Phi) is 7.11. The van der Waals surface area contributed by atoms with Crippen molar-refractivity contribution >= 4 is 57.2 Å². The standard InChI is InChI=1S/C25H26ClN5O3S2/c1-14(2)30-9-7-16(8-10-30)28-23(32)22-29-18-11-15(25(33)34)3-4-19(18)31(22)13-17-12-27-24(35-17)20-5-6-21(26)36-20/h3-6,11-12,14,16H,7-10,13H2,1-2H3,(H,28,32)(H,33,34). The SMILES string of the molecule is CC(C)N1CCC(NC(=O)c2nc3cc(C(=O)O)ccc3n2Cc2cnc(-c3ccc(Cl)s3)s2)CC1. The lowest BCUT2D eigenvalue weighted by molar-refractivity contribution is 0.0696. The van der Waals surface area contributed by atoms with Crippen molar-refractivity contribution in [2.45, 2.75) is 45.3 Å². The molecule has 4 heterocycles. The van der Waals surface area contributed by atoms with E-state index < -0.39 is 5.97 Å². The highest BCUT2D eigenvalue weighted by atomic mass is 35.5. The number of benzene rings is 1. The Morgan fingerprint density at radius 1 is 1.19 bits per heavy atom. The number of nitrogens with zero attached hydrogens (tertiary/aromatic N) is 4. The van der Waals surface area contributed by atoms with Gasteiger partial charge in [0.05, 0.1) is 32.4 Å². The van der Waals surface area contributed by atoms with Crippen LogP contribution in [0.5, 0.6) is 0 Å². The maximum Gasteiger partial charge on any atom is 0.335 e. The Morgan fingerprint density at radius 3 is 2.64 bits per heavy atom. The number of likely N-dealkylation sites (tertiary alicyclic amines) is 1. The van der Waals surface area contributed by atoms with Gasteiger partial charge in [0.25, 0.3) is 5.91 Å². The average Bonchev–Trinajstić information content (AvgIpc) is 3.58. The number of piperidine rings is 1. The molecule has 4 aromatic rings. The maximum atomic E-state index is 13.4. The van der Waals surface area contributed by atoms with Crippen LogP contribution < -0.4 is 5.32 Å². The monoisotopic (exact) mass is 543 g/mol. The van der Waals surface area contributed by atoms with E-state index in [9.17, 15) is 14.7 Å². The Labute approximate surface area is 221 Å². The third kappa shape index (κ3) is 5.17. The fourth-order valence-electron chi connectivity index (χ4n) is 4.49. The van der Waals surface area contributed by atoms with E-state index in [1.54, 1.807) is 12.3 Å². The molecule has 5 rings (SSSR count). The minimum absolute atomic E-state index is 0.0777. The second kappa shape index (κ2) is 10.3. The zero-order valence-electron chi connectivity index (χ0n) is 19.9. The van der Waals surface area contributed by atoms with Crippen LogP contribution in [0.25, 0.3) is 20.9 Å². The van der Waals surface area contributed by atoms with E-state index in [2.05, 4.69) is 34.0 Å². The number of aromatic carboxylic acids is 1. The maximum absolute atomic E-state index is 13.4. The van der Waals surface area contributed by atoms with Gasteiger partial charge in [-0.2, -0.15) is 0 Å². The summed E-state index contributed by atoms with van der Waals surface area (Å²) in [5.74, 6) is -1.01. The van der Waals surface area contributed by atoms with Crippen LogP contribution in [0.3, 0.4) is 0 Å². The van der Waals surface area contributed by atoms with Gasteiger partial charge in [-0.3, -0.25) is 4.79 Å². The summed E-state index contributed by atoms with van der Waals surface area (Å²) in [5, 5.41) is 13.4. The number of amides is 1. The van der Waals surface area contributed by atoms with Gasteiger partial charge in [-0.15, -0.1) is 22.7 Å². The number of carbonyl (C=O) groups excluding carboxylic acids is 1. The van der Waals surface area contributed by atoms with Crippen LogP contribution in [0.2, 0.25) is 4.34 Å². The Hall–Kier alpha value is -2.79. The van der Waals surface area contributed by atoms with Crippen LogP contribution in [-0.2, 0) is 6.54 Å². The molecule has 1 aliphatic rings. The van der Waals surface area contributed by atoms with Gasteiger partial charge in [-0.25, -0.2) is 14.8 Å². The van der Waals surface area contributed by atoms with E-state index in [0.29, 0.717) is 28.0 Å². The second-order valence-electron chi connectivity index (χ2n) is 9.14. The summed E-state index contributed by atoms with van der Waals surface area (Å²) in [5.41, 5.74) is 1.31. The molecule has 1 aromatic carbocycles. The van der Waals surface area contributed by atoms with E-state index in [-0.39, 0.29) is 23.3 Å². The molecule has 1 aliphatic heterocycles. The molecule has 3 aromatic heterocycles. The second-order valence-corrected chi connectivity index (χ2v) is 12.0. The van der Waals surface area contributed by atoms with Crippen molar-refractivity contribution in [3.63, 3.8) is 0 Å². The first-order chi connectivity index (χ1) is 17.3. The summed E-state index contributed by atoms with van der Waals surface area (Å²) in [6.07, 6.45) is 3.57. The number of hydrogen-bond donors (Lipinski definition) is 2. The molecular weight excluding hydrogens is 518 g/mol. The summed E-state index contributed by atoms with van der Waals surface area (Å²) >= 11 is 9.09. The zero-order valence-corrected chi connectivity index (χ0v) is 22.3. The number of carboxylic acids is 1. The van der Waals surface area contributed by atoms with E-state index >= 15 is 0 Å². The molecule has 11 heteroatoms. The number of thiazole rings is 1. The predicted octanol–water partition coefficient (Wildman–Crippen LogP) is 5.22. The Balaban J connectivity index is 1.43. The van der Waals surface area contributed by atoms with Gasteiger partial charge >= 0.3 is 5.97 Å². The highest BCUT2D eigenvalue weighted by Gasteiger charge is 2.26. The van der Waals surface area contributed by atoms with E-state index in [1.807, 2.05) is 16.7 Å². The molecule has 1 amide bonds. The van der Waals surface area contributed by atoms with Crippen molar-refractivity contribution < 1.29 is 14.7 Å². The topological polar surface area (TPSA) is 100 Å². The lowest BCUT2D eigenvalue weighted by Gasteiger charge is -2.34. The summed E-state index contributed by atoms with van der Waals surface area (Å²) in [7, 11) is 0. The Bertz CT molecular complexity index is 1420. The van der Waals surface area contributed by atoms with Crippen molar-refractivity contribution in [1.29, 1.82) is 0 Å². The highest BCUT2D eigenvalue weighted by Crippen LogP contribution is 2.34. The van der Waals surface area contributed by atoms with Crippen LogP contribution in [0.15, 0.2) is 36.5 Å². The molecular formula is C25H26ClN5O3S2. The summed E-state index contributed by atoms with van der Waals surface area (Å²) in [6.45, 7) is 6.65. The number of fused-ring (bicyclic) bond motifs is 1. The largest absolute Gasteiger partial charge is 0.478 e. The first kappa shape index (κ1) is 24.9. The van der Waals surface area contributed by atoms with Crippen LogP contribution >= 0.6 is 34.3 Å². The molecule has 0 spiro atoms. The van der Waals surface area contributed by atoms with Gasteiger partial charge < -0.3 is 19.9 Å². The predicted molar refractivity (Wildman–Crippen MR) is 143 cm³/mol.